The lowest BCUT2D eigenvalue weighted by Gasteiger charge is -2.26. The highest BCUT2D eigenvalue weighted by atomic mass is 16.3. The molecule has 1 aromatic heterocycles. The van der Waals surface area contributed by atoms with Crippen LogP contribution in [0.5, 0.6) is 0 Å². The maximum absolute atomic E-state index is 9.86. The van der Waals surface area contributed by atoms with Crippen LogP contribution < -0.4 is 4.90 Å². The van der Waals surface area contributed by atoms with Crippen molar-refractivity contribution in [1.82, 2.24) is 9.88 Å². The highest BCUT2D eigenvalue weighted by Crippen LogP contribution is 2.23. The van der Waals surface area contributed by atoms with Gasteiger partial charge < -0.3 is 14.9 Å². The van der Waals surface area contributed by atoms with Gasteiger partial charge in [0.25, 0.3) is 0 Å². The fourth-order valence-electron chi connectivity index (χ4n) is 2.44. The molecule has 1 heterocycles. The van der Waals surface area contributed by atoms with Gasteiger partial charge in [0, 0.05) is 24.8 Å². The molecule has 1 rings (SSSR count). The summed E-state index contributed by atoms with van der Waals surface area (Å²) in [5.41, 5.74) is 0.914. The van der Waals surface area contributed by atoms with Crippen LogP contribution in [0.4, 0.5) is 5.82 Å². The molecule has 0 saturated carbocycles. The molecule has 0 spiro atoms. The summed E-state index contributed by atoms with van der Waals surface area (Å²) in [5.74, 6) is 0.921. The van der Waals surface area contributed by atoms with E-state index in [1.807, 2.05) is 12.1 Å². The third kappa shape index (κ3) is 4.76. The molecule has 0 unspecified atom stereocenters. The molecule has 4 nitrogen and oxygen atoms in total. The van der Waals surface area contributed by atoms with Crippen molar-refractivity contribution in [2.75, 3.05) is 37.6 Å². The van der Waals surface area contributed by atoms with Gasteiger partial charge in [-0.25, -0.2) is 4.98 Å². The van der Waals surface area contributed by atoms with E-state index >= 15 is 0 Å². The Bertz CT molecular complexity index is 378. The third-order valence-electron chi connectivity index (χ3n) is 3.75. The maximum atomic E-state index is 9.86. The van der Waals surface area contributed by atoms with Crippen molar-refractivity contribution in [1.29, 1.82) is 0 Å². The van der Waals surface area contributed by atoms with Crippen molar-refractivity contribution in [3.8, 4) is 0 Å². The van der Waals surface area contributed by atoms with Gasteiger partial charge in [0.05, 0.1) is 6.10 Å². The molecule has 0 radical (unpaired) electrons. The second kappa shape index (κ2) is 8.93. The van der Waals surface area contributed by atoms with Gasteiger partial charge in [0.1, 0.15) is 5.82 Å². The molecule has 1 aromatic rings. The van der Waals surface area contributed by atoms with E-state index in [0.717, 1.165) is 50.5 Å². The molecule has 0 aromatic carbocycles. The summed E-state index contributed by atoms with van der Waals surface area (Å²) in [7, 11) is 0. The summed E-state index contributed by atoms with van der Waals surface area (Å²) in [6.45, 7) is 13.5. The highest BCUT2D eigenvalue weighted by molar-refractivity contribution is 5.47. The Morgan fingerprint density at radius 2 is 1.85 bits per heavy atom. The Balaban J connectivity index is 2.67. The van der Waals surface area contributed by atoms with E-state index in [1.165, 1.54) is 0 Å². The van der Waals surface area contributed by atoms with E-state index in [9.17, 15) is 5.11 Å². The molecular weight excluding hydrogens is 250 g/mol. The van der Waals surface area contributed by atoms with Gasteiger partial charge in [-0.3, -0.25) is 0 Å². The van der Waals surface area contributed by atoms with Crippen LogP contribution in [0.15, 0.2) is 18.3 Å². The summed E-state index contributed by atoms with van der Waals surface area (Å²) in [6, 6.07) is 3.84. The maximum Gasteiger partial charge on any atom is 0.134 e. The quantitative estimate of drug-likeness (QED) is 0.754. The third-order valence-corrected chi connectivity index (χ3v) is 3.75. The van der Waals surface area contributed by atoms with E-state index in [1.54, 1.807) is 13.1 Å². The van der Waals surface area contributed by atoms with Crippen molar-refractivity contribution in [2.24, 2.45) is 0 Å². The van der Waals surface area contributed by atoms with Crippen LogP contribution in [-0.2, 0) is 0 Å². The lowest BCUT2D eigenvalue weighted by molar-refractivity contribution is 0.199. The minimum Gasteiger partial charge on any atom is -0.389 e. The number of rotatable bonds is 9. The standard InChI is InChI=1S/C16H29N3O/c1-5-18(6-2)12-9-13-19(7-3)16-15(14(4)20)10-8-11-17-16/h8,10-11,14,20H,5-7,9,12-13H2,1-4H3/t14-/m1/s1. The number of anilines is 1. The number of aromatic nitrogens is 1. The number of aliphatic hydroxyl groups excluding tert-OH is 1. The molecule has 1 N–H and O–H groups in total. The summed E-state index contributed by atoms with van der Waals surface area (Å²) in [4.78, 5) is 9.15. The molecule has 0 aliphatic rings. The van der Waals surface area contributed by atoms with Crippen LogP contribution in [0, 0.1) is 0 Å². The molecule has 0 saturated heterocycles. The van der Waals surface area contributed by atoms with Gasteiger partial charge in [0.15, 0.2) is 0 Å². The van der Waals surface area contributed by atoms with E-state index in [4.69, 9.17) is 0 Å². The van der Waals surface area contributed by atoms with Crippen LogP contribution in [-0.4, -0.2) is 47.7 Å². The van der Waals surface area contributed by atoms with Crippen molar-refractivity contribution in [2.45, 2.75) is 40.2 Å². The average Bonchev–Trinajstić information content (AvgIpc) is 2.47. The number of pyridine rings is 1. The lowest BCUT2D eigenvalue weighted by atomic mass is 10.1. The van der Waals surface area contributed by atoms with E-state index in [0.29, 0.717) is 0 Å². The van der Waals surface area contributed by atoms with Crippen LogP contribution in [0.2, 0.25) is 0 Å². The van der Waals surface area contributed by atoms with E-state index in [-0.39, 0.29) is 0 Å². The molecule has 0 fully saturated rings. The second-order valence-electron chi connectivity index (χ2n) is 5.05. The van der Waals surface area contributed by atoms with Crippen molar-refractivity contribution < 1.29 is 5.11 Å². The average molecular weight is 279 g/mol. The van der Waals surface area contributed by atoms with Gasteiger partial charge in [-0.2, -0.15) is 0 Å². The smallest absolute Gasteiger partial charge is 0.134 e. The minimum atomic E-state index is -0.476. The number of nitrogens with zero attached hydrogens (tertiary/aromatic N) is 3. The first-order chi connectivity index (χ1) is 9.63. The van der Waals surface area contributed by atoms with Gasteiger partial charge in [0.2, 0.25) is 0 Å². The van der Waals surface area contributed by atoms with E-state index < -0.39 is 6.10 Å². The Labute approximate surface area is 123 Å². The Kier molecular flexibility index (Phi) is 7.55. The first kappa shape index (κ1) is 16.9. The summed E-state index contributed by atoms with van der Waals surface area (Å²) < 4.78 is 0. The minimum absolute atomic E-state index is 0.476. The fraction of sp³-hybridized carbons (Fsp3) is 0.688. The Hall–Kier alpha value is -1.13. The summed E-state index contributed by atoms with van der Waals surface area (Å²) in [5, 5.41) is 9.86. The molecule has 20 heavy (non-hydrogen) atoms. The van der Waals surface area contributed by atoms with Crippen LogP contribution in [0.3, 0.4) is 0 Å². The normalized spacial score (nSPS) is 12.7. The van der Waals surface area contributed by atoms with Gasteiger partial charge in [-0.15, -0.1) is 0 Å². The molecule has 0 bridgehead atoms. The van der Waals surface area contributed by atoms with Gasteiger partial charge in [-0.1, -0.05) is 19.9 Å². The topological polar surface area (TPSA) is 39.6 Å². The zero-order valence-electron chi connectivity index (χ0n) is 13.3. The predicted molar refractivity (Wildman–Crippen MR) is 85.2 cm³/mol. The van der Waals surface area contributed by atoms with Gasteiger partial charge >= 0.3 is 0 Å². The van der Waals surface area contributed by atoms with Crippen molar-refractivity contribution in [3.05, 3.63) is 23.9 Å². The largest absolute Gasteiger partial charge is 0.389 e. The highest BCUT2D eigenvalue weighted by Gasteiger charge is 2.14. The zero-order chi connectivity index (χ0) is 15.0. The molecule has 0 aliphatic heterocycles. The molecule has 0 aliphatic carbocycles. The summed E-state index contributed by atoms with van der Waals surface area (Å²) >= 11 is 0. The van der Waals surface area contributed by atoms with Crippen LogP contribution in [0.25, 0.3) is 0 Å². The summed E-state index contributed by atoms with van der Waals surface area (Å²) in [6.07, 6.45) is 2.44. The number of aliphatic hydroxyl groups is 1. The molecule has 0 amide bonds. The van der Waals surface area contributed by atoms with Crippen LogP contribution >= 0.6 is 0 Å². The zero-order valence-corrected chi connectivity index (χ0v) is 13.3. The van der Waals surface area contributed by atoms with Crippen molar-refractivity contribution in [3.63, 3.8) is 0 Å². The molecule has 1 atom stereocenters. The second-order valence-corrected chi connectivity index (χ2v) is 5.05. The first-order valence-electron chi connectivity index (χ1n) is 7.74. The molecule has 114 valence electrons. The van der Waals surface area contributed by atoms with Crippen LogP contribution in [0.1, 0.15) is 45.8 Å². The molecule has 4 heteroatoms. The Morgan fingerprint density at radius 1 is 1.15 bits per heavy atom. The lowest BCUT2D eigenvalue weighted by Crippen LogP contribution is -2.31. The number of hydrogen-bond acceptors (Lipinski definition) is 4. The molecular formula is C16H29N3O. The van der Waals surface area contributed by atoms with Crippen molar-refractivity contribution >= 4 is 5.82 Å². The first-order valence-corrected chi connectivity index (χ1v) is 7.74. The monoisotopic (exact) mass is 279 g/mol. The Morgan fingerprint density at radius 3 is 2.40 bits per heavy atom. The fourth-order valence-corrected chi connectivity index (χ4v) is 2.44. The number of hydrogen-bond donors (Lipinski definition) is 1. The van der Waals surface area contributed by atoms with E-state index in [2.05, 4.69) is 35.6 Å². The SMILES string of the molecule is CCN(CC)CCCN(CC)c1ncccc1[C@@H](C)O. The predicted octanol–water partition coefficient (Wildman–Crippen LogP) is 2.69. The van der Waals surface area contributed by atoms with Gasteiger partial charge in [-0.05, 0) is 46.0 Å².